The first-order valence-corrected chi connectivity index (χ1v) is 8.08. The van der Waals surface area contributed by atoms with Gasteiger partial charge in [-0.05, 0) is 37.3 Å². The second kappa shape index (κ2) is 8.93. The number of rotatable bonds is 9. The molecule has 3 nitrogen and oxygen atoms in total. The molecule has 0 spiro atoms. The summed E-state index contributed by atoms with van der Waals surface area (Å²) < 4.78 is 5.62. The van der Waals surface area contributed by atoms with E-state index in [0.29, 0.717) is 12.0 Å². The Morgan fingerprint density at radius 1 is 1.11 bits per heavy atom. The zero-order chi connectivity index (χ0) is 14.3. The van der Waals surface area contributed by atoms with Crippen molar-refractivity contribution in [1.29, 1.82) is 0 Å². The first-order chi connectivity index (χ1) is 9.06. The Morgan fingerprint density at radius 2 is 1.79 bits per heavy atom. The lowest BCUT2D eigenvalue weighted by Crippen LogP contribution is -2.42. The Morgan fingerprint density at radius 3 is 2.37 bits per heavy atom. The Labute approximate surface area is 119 Å². The molecule has 1 rings (SSSR count). The molecule has 0 saturated carbocycles. The fraction of sp³-hybridized carbons (Fsp3) is 1.00. The van der Waals surface area contributed by atoms with Crippen LogP contribution in [0, 0.1) is 23.7 Å². The molecule has 1 fully saturated rings. The molecule has 0 aromatic heterocycles. The van der Waals surface area contributed by atoms with Crippen molar-refractivity contribution in [2.24, 2.45) is 23.7 Å². The van der Waals surface area contributed by atoms with E-state index in [0.717, 1.165) is 50.6 Å². The summed E-state index contributed by atoms with van der Waals surface area (Å²) in [5.41, 5.74) is 0. The zero-order valence-corrected chi connectivity index (χ0v) is 13.5. The van der Waals surface area contributed by atoms with E-state index in [1.54, 1.807) is 0 Å². The SMILES string of the molecule is CCCNC1COCC1CNCC(C(C)C)C(C)C. The maximum atomic E-state index is 5.62. The van der Waals surface area contributed by atoms with Crippen LogP contribution in [-0.4, -0.2) is 38.9 Å². The molecule has 1 aliphatic heterocycles. The van der Waals surface area contributed by atoms with Gasteiger partial charge in [0.05, 0.1) is 13.2 Å². The van der Waals surface area contributed by atoms with Gasteiger partial charge in [0.2, 0.25) is 0 Å². The van der Waals surface area contributed by atoms with E-state index in [9.17, 15) is 0 Å². The molecule has 3 heteroatoms. The zero-order valence-electron chi connectivity index (χ0n) is 13.5. The van der Waals surface area contributed by atoms with Crippen LogP contribution in [0.25, 0.3) is 0 Å². The molecule has 0 aromatic rings. The van der Waals surface area contributed by atoms with Crippen LogP contribution >= 0.6 is 0 Å². The van der Waals surface area contributed by atoms with Crippen LogP contribution in [0.1, 0.15) is 41.0 Å². The highest BCUT2D eigenvalue weighted by molar-refractivity contribution is 4.83. The van der Waals surface area contributed by atoms with Gasteiger partial charge in [-0.2, -0.15) is 0 Å². The van der Waals surface area contributed by atoms with Gasteiger partial charge in [0.1, 0.15) is 0 Å². The van der Waals surface area contributed by atoms with E-state index in [4.69, 9.17) is 4.74 Å². The molecule has 0 radical (unpaired) electrons. The van der Waals surface area contributed by atoms with Crippen LogP contribution in [0.5, 0.6) is 0 Å². The molecule has 2 atom stereocenters. The number of hydrogen-bond donors (Lipinski definition) is 2. The lowest BCUT2D eigenvalue weighted by molar-refractivity contribution is 0.181. The summed E-state index contributed by atoms with van der Waals surface area (Å²) in [6.45, 7) is 16.6. The molecule has 2 N–H and O–H groups in total. The highest BCUT2D eigenvalue weighted by Gasteiger charge is 2.27. The van der Waals surface area contributed by atoms with Crippen LogP contribution < -0.4 is 10.6 Å². The van der Waals surface area contributed by atoms with Gasteiger partial charge in [-0.15, -0.1) is 0 Å². The van der Waals surface area contributed by atoms with E-state index in [1.807, 2.05) is 0 Å². The van der Waals surface area contributed by atoms with Crippen molar-refractivity contribution in [1.82, 2.24) is 10.6 Å². The number of hydrogen-bond acceptors (Lipinski definition) is 3. The average Bonchev–Trinajstić information content (AvgIpc) is 2.78. The topological polar surface area (TPSA) is 33.3 Å². The minimum absolute atomic E-state index is 0.545. The van der Waals surface area contributed by atoms with E-state index in [2.05, 4.69) is 45.3 Å². The van der Waals surface area contributed by atoms with Gasteiger partial charge in [-0.3, -0.25) is 0 Å². The summed E-state index contributed by atoms with van der Waals surface area (Å²) in [7, 11) is 0. The van der Waals surface area contributed by atoms with E-state index in [-0.39, 0.29) is 0 Å². The highest BCUT2D eigenvalue weighted by atomic mass is 16.5. The predicted octanol–water partition coefficient (Wildman–Crippen LogP) is 2.52. The molecular weight excluding hydrogens is 236 g/mol. The molecule has 1 aliphatic rings. The van der Waals surface area contributed by atoms with Crippen molar-refractivity contribution in [3.8, 4) is 0 Å². The molecular formula is C16H34N2O. The van der Waals surface area contributed by atoms with Crippen molar-refractivity contribution in [3.05, 3.63) is 0 Å². The molecule has 1 heterocycles. The molecule has 1 saturated heterocycles. The Bertz CT molecular complexity index is 223. The predicted molar refractivity (Wildman–Crippen MR) is 82.4 cm³/mol. The summed E-state index contributed by atoms with van der Waals surface area (Å²) >= 11 is 0. The average molecular weight is 270 g/mol. The molecule has 114 valence electrons. The van der Waals surface area contributed by atoms with Crippen LogP contribution in [0.2, 0.25) is 0 Å². The quantitative estimate of drug-likeness (QED) is 0.675. The maximum Gasteiger partial charge on any atom is 0.0623 e. The lowest BCUT2D eigenvalue weighted by Gasteiger charge is -2.26. The fourth-order valence-electron chi connectivity index (χ4n) is 3.03. The van der Waals surface area contributed by atoms with Gasteiger partial charge in [-0.1, -0.05) is 34.6 Å². The summed E-state index contributed by atoms with van der Waals surface area (Å²) in [6.07, 6.45) is 1.19. The van der Waals surface area contributed by atoms with Crippen LogP contribution in [0.4, 0.5) is 0 Å². The summed E-state index contributed by atoms with van der Waals surface area (Å²) in [5, 5.41) is 7.28. The second-order valence-electron chi connectivity index (χ2n) is 6.67. The van der Waals surface area contributed by atoms with Crippen LogP contribution in [0.15, 0.2) is 0 Å². The lowest BCUT2D eigenvalue weighted by atomic mass is 9.85. The van der Waals surface area contributed by atoms with Crippen molar-refractivity contribution in [2.45, 2.75) is 47.1 Å². The molecule has 0 aromatic carbocycles. The van der Waals surface area contributed by atoms with Crippen molar-refractivity contribution in [2.75, 3.05) is 32.8 Å². The Kier molecular flexibility index (Phi) is 7.96. The standard InChI is InChI=1S/C16H34N2O/c1-6-7-18-16-11-19-10-14(16)8-17-9-15(12(2)3)13(4)5/h12-18H,6-11H2,1-5H3. The highest BCUT2D eigenvalue weighted by Crippen LogP contribution is 2.20. The second-order valence-corrected chi connectivity index (χ2v) is 6.67. The Balaban J connectivity index is 2.27. The summed E-state index contributed by atoms with van der Waals surface area (Å²) in [5.74, 6) is 2.90. The van der Waals surface area contributed by atoms with Crippen LogP contribution in [0.3, 0.4) is 0 Å². The van der Waals surface area contributed by atoms with E-state index >= 15 is 0 Å². The monoisotopic (exact) mass is 270 g/mol. The first-order valence-electron chi connectivity index (χ1n) is 8.08. The number of ether oxygens (including phenoxy) is 1. The van der Waals surface area contributed by atoms with Crippen molar-refractivity contribution >= 4 is 0 Å². The number of nitrogens with one attached hydrogen (secondary N) is 2. The van der Waals surface area contributed by atoms with Gasteiger partial charge < -0.3 is 15.4 Å². The third-order valence-corrected chi connectivity index (χ3v) is 4.35. The maximum absolute atomic E-state index is 5.62. The van der Waals surface area contributed by atoms with Crippen molar-refractivity contribution in [3.63, 3.8) is 0 Å². The largest absolute Gasteiger partial charge is 0.379 e. The van der Waals surface area contributed by atoms with Crippen molar-refractivity contribution < 1.29 is 4.74 Å². The molecule has 0 bridgehead atoms. The third-order valence-electron chi connectivity index (χ3n) is 4.35. The van der Waals surface area contributed by atoms with E-state index in [1.165, 1.54) is 6.42 Å². The minimum atomic E-state index is 0.545. The fourth-order valence-corrected chi connectivity index (χ4v) is 3.03. The molecule has 0 aliphatic carbocycles. The molecule has 0 amide bonds. The van der Waals surface area contributed by atoms with Gasteiger partial charge in [-0.25, -0.2) is 0 Å². The van der Waals surface area contributed by atoms with Gasteiger partial charge >= 0.3 is 0 Å². The summed E-state index contributed by atoms with van der Waals surface area (Å²) in [6, 6.07) is 0.545. The Hall–Kier alpha value is -0.120. The van der Waals surface area contributed by atoms with Gasteiger partial charge in [0.25, 0.3) is 0 Å². The van der Waals surface area contributed by atoms with Crippen LogP contribution in [-0.2, 0) is 4.74 Å². The molecule has 2 unspecified atom stereocenters. The minimum Gasteiger partial charge on any atom is -0.379 e. The summed E-state index contributed by atoms with van der Waals surface area (Å²) in [4.78, 5) is 0. The smallest absolute Gasteiger partial charge is 0.0623 e. The van der Waals surface area contributed by atoms with E-state index < -0.39 is 0 Å². The normalized spacial score (nSPS) is 24.0. The molecule has 19 heavy (non-hydrogen) atoms. The van der Waals surface area contributed by atoms with Gasteiger partial charge in [0.15, 0.2) is 0 Å². The van der Waals surface area contributed by atoms with Gasteiger partial charge in [0, 0.05) is 18.5 Å². The first kappa shape index (κ1) is 16.9. The third kappa shape index (κ3) is 5.80.